The van der Waals surface area contributed by atoms with Crippen LogP contribution in [0.5, 0.6) is 11.5 Å². The van der Waals surface area contributed by atoms with E-state index in [1.54, 1.807) is 12.0 Å². The largest absolute Gasteiger partial charge is 0.497 e. The van der Waals surface area contributed by atoms with Crippen LogP contribution in [0.15, 0.2) is 54.6 Å². The lowest BCUT2D eigenvalue weighted by molar-refractivity contribution is -0.142. The Balaban J connectivity index is 2.09. The second-order valence-corrected chi connectivity index (χ2v) is 8.80. The Hall–Kier alpha value is -3.02. The number of amides is 2. The molecule has 1 atom stereocenters. The second-order valence-electron chi connectivity index (χ2n) is 8.80. The van der Waals surface area contributed by atoms with Crippen molar-refractivity contribution >= 4 is 11.8 Å². The minimum atomic E-state index is -0.543. The van der Waals surface area contributed by atoms with E-state index in [2.05, 4.69) is 5.32 Å². The van der Waals surface area contributed by atoms with Crippen molar-refractivity contribution in [2.24, 2.45) is 0 Å². The summed E-state index contributed by atoms with van der Waals surface area (Å²) in [4.78, 5) is 27.9. The van der Waals surface area contributed by atoms with E-state index in [1.807, 2.05) is 82.3 Å². The molecule has 0 aliphatic heterocycles. The van der Waals surface area contributed by atoms with Crippen LogP contribution in [-0.2, 0) is 16.1 Å². The summed E-state index contributed by atoms with van der Waals surface area (Å²) in [6, 6.07) is 16.6. The van der Waals surface area contributed by atoms with Crippen LogP contribution in [0.1, 0.15) is 52.5 Å². The first kappa shape index (κ1) is 25.2. The molecule has 2 aromatic rings. The third-order valence-corrected chi connectivity index (χ3v) is 4.94. The topological polar surface area (TPSA) is 67.9 Å². The summed E-state index contributed by atoms with van der Waals surface area (Å²) in [6.45, 7) is 8.55. The van der Waals surface area contributed by atoms with Crippen molar-refractivity contribution in [1.82, 2.24) is 10.2 Å². The minimum absolute atomic E-state index is 0.0617. The molecular weight excluding hydrogens is 404 g/mol. The van der Waals surface area contributed by atoms with Crippen LogP contribution in [0, 0.1) is 0 Å². The van der Waals surface area contributed by atoms with Gasteiger partial charge in [-0.05, 0) is 63.4 Å². The number of hydrogen-bond donors (Lipinski definition) is 1. The van der Waals surface area contributed by atoms with Gasteiger partial charge in [-0.2, -0.15) is 0 Å². The molecule has 2 rings (SSSR count). The molecule has 0 fully saturated rings. The molecule has 0 aromatic heterocycles. The number of methoxy groups -OCH3 is 1. The first-order valence-electron chi connectivity index (χ1n) is 11.2. The highest BCUT2D eigenvalue weighted by Crippen LogP contribution is 2.18. The number of ether oxygens (including phenoxy) is 2. The molecule has 0 bridgehead atoms. The third-order valence-electron chi connectivity index (χ3n) is 4.94. The van der Waals surface area contributed by atoms with Crippen LogP contribution in [0.2, 0.25) is 0 Å². The highest BCUT2D eigenvalue weighted by atomic mass is 16.5. The number of para-hydroxylation sites is 1. The number of nitrogens with one attached hydrogen (secondary N) is 1. The lowest BCUT2D eigenvalue weighted by Crippen LogP contribution is -2.53. The van der Waals surface area contributed by atoms with Gasteiger partial charge in [-0.1, -0.05) is 37.3 Å². The smallest absolute Gasteiger partial charge is 0.243 e. The van der Waals surface area contributed by atoms with E-state index in [0.717, 1.165) is 17.1 Å². The third kappa shape index (κ3) is 8.25. The Labute approximate surface area is 191 Å². The fraction of sp³-hybridized carbons (Fsp3) is 0.462. The molecule has 32 heavy (non-hydrogen) atoms. The van der Waals surface area contributed by atoms with E-state index in [1.165, 1.54) is 0 Å². The first-order chi connectivity index (χ1) is 15.2. The van der Waals surface area contributed by atoms with Gasteiger partial charge in [0.05, 0.1) is 13.7 Å². The van der Waals surface area contributed by atoms with Crippen LogP contribution in [0.4, 0.5) is 0 Å². The molecule has 2 aromatic carbocycles. The maximum atomic E-state index is 13.2. The van der Waals surface area contributed by atoms with Crippen LogP contribution < -0.4 is 14.8 Å². The van der Waals surface area contributed by atoms with Gasteiger partial charge in [0.25, 0.3) is 0 Å². The molecule has 0 aliphatic rings. The van der Waals surface area contributed by atoms with Gasteiger partial charge in [0.15, 0.2) is 0 Å². The summed E-state index contributed by atoms with van der Waals surface area (Å²) in [6.07, 6.45) is 1.41. The van der Waals surface area contributed by atoms with Gasteiger partial charge in [0.1, 0.15) is 17.5 Å². The molecular formula is C26H36N2O4. The van der Waals surface area contributed by atoms with Crippen LogP contribution in [-0.4, -0.2) is 42.0 Å². The van der Waals surface area contributed by atoms with Gasteiger partial charge in [-0.25, -0.2) is 0 Å². The number of hydrogen-bond acceptors (Lipinski definition) is 4. The summed E-state index contributed by atoms with van der Waals surface area (Å²) in [7, 11) is 1.62. The van der Waals surface area contributed by atoms with Crippen LogP contribution in [0.3, 0.4) is 0 Å². The van der Waals surface area contributed by atoms with Gasteiger partial charge in [-0.15, -0.1) is 0 Å². The molecule has 0 spiro atoms. The number of rotatable bonds is 11. The lowest BCUT2D eigenvalue weighted by atomic mass is 10.0. The van der Waals surface area contributed by atoms with E-state index < -0.39 is 6.04 Å². The second kappa shape index (κ2) is 12.1. The molecule has 0 saturated carbocycles. The number of nitrogens with zero attached hydrogens (tertiary/aromatic N) is 1. The van der Waals surface area contributed by atoms with Crippen molar-refractivity contribution in [3.05, 3.63) is 60.2 Å². The zero-order valence-electron chi connectivity index (χ0n) is 19.9. The Morgan fingerprint density at radius 1 is 1.00 bits per heavy atom. The van der Waals surface area contributed by atoms with E-state index in [-0.39, 0.29) is 17.4 Å². The molecule has 0 heterocycles. The molecule has 0 unspecified atom stereocenters. The fourth-order valence-electron chi connectivity index (χ4n) is 3.37. The van der Waals surface area contributed by atoms with E-state index >= 15 is 0 Å². The monoisotopic (exact) mass is 440 g/mol. The van der Waals surface area contributed by atoms with Crippen molar-refractivity contribution in [2.75, 3.05) is 13.7 Å². The minimum Gasteiger partial charge on any atom is -0.497 e. The predicted molar refractivity (Wildman–Crippen MR) is 127 cm³/mol. The van der Waals surface area contributed by atoms with E-state index in [9.17, 15) is 9.59 Å². The standard InChI is InChI=1S/C26H36N2O4/c1-6-23(25(30)27-26(2,3)4)28(19-20-14-16-21(31-5)17-15-20)24(29)13-10-18-32-22-11-8-7-9-12-22/h7-9,11-12,14-17,23H,6,10,13,18-19H2,1-5H3,(H,27,30)/t23-/m1/s1. The van der Waals surface area contributed by atoms with Crippen LogP contribution in [0.25, 0.3) is 0 Å². The zero-order chi connectivity index (χ0) is 23.6. The fourth-order valence-corrected chi connectivity index (χ4v) is 3.37. The molecule has 1 N–H and O–H groups in total. The molecule has 0 radical (unpaired) electrons. The van der Waals surface area contributed by atoms with Crippen molar-refractivity contribution in [2.45, 2.75) is 65.1 Å². The molecule has 174 valence electrons. The van der Waals surface area contributed by atoms with Gasteiger partial charge >= 0.3 is 0 Å². The summed E-state index contributed by atoms with van der Waals surface area (Å²) >= 11 is 0. The normalized spacial score (nSPS) is 12.0. The zero-order valence-corrected chi connectivity index (χ0v) is 19.9. The van der Waals surface area contributed by atoms with Crippen molar-refractivity contribution in [3.8, 4) is 11.5 Å². The Morgan fingerprint density at radius 3 is 2.22 bits per heavy atom. The lowest BCUT2D eigenvalue weighted by Gasteiger charge is -2.33. The summed E-state index contributed by atoms with van der Waals surface area (Å²) in [5, 5.41) is 3.02. The van der Waals surface area contributed by atoms with E-state index in [0.29, 0.717) is 32.4 Å². The number of benzene rings is 2. The van der Waals surface area contributed by atoms with Gasteiger partial charge < -0.3 is 19.7 Å². The number of carbonyl (C=O) groups excluding carboxylic acids is 2. The SMILES string of the molecule is CC[C@H](C(=O)NC(C)(C)C)N(Cc1ccc(OC)cc1)C(=O)CCCOc1ccccc1. The molecule has 0 saturated heterocycles. The van der Waals surface area contributed by atoms with Gasteiger partial charge in [0.2, 0.25) is 11.8 Å². The summed E-state index contributed by atoms with van der Waals surface area (Å²) < 4.78 is 10.9. The van der Waals surface area contributed by atoms with Gasteiger partial charge in [0, 0.05) is 18.5 Å². The van der Waals surface area contributed by atoms with E-state index in [4.69, 9.17) is 9.47 Å². The summed E-state index contributed by atoms with van der Waals surface area (Å²) in [5.74, 6) is 1.34. The molecule has 6 nitrogen and oxygen atoms in total. The highest BCUT2D eigenvalue weighted by Gasteiger charge is 2.30. The van der Waals surface area contributed by atoms with Crippen molar-refractivity contribution in [3.63, 3.8) is 0 Å². The average Bonchev–Trinajstić information content (AvgIpc) is 2.76. The predicted octanol–water partition coefficient (Wildman–Crippen LogP) is 4.58. The van der Waals surface area contributed by atoms with Crippen molar-refractivity contribution in [1.29, 1.82) is 0 Å². The maximum absolute atomic E-state index is 13.2. The summed E-state index contributed by atoms with van der Waals surface area (Å²) in [5.41, 5.74) is 0.574. The molecule has 0 aliphatic carbocycles. The quantitative estimate of drug-likeness (QED) is 0.520. The average molecular weight is 441 g/mol. The van der Waals surface area contributed by atoms with Gasteiger partial charge in [-0.3, -0.25) is 9.59 Å². The maximum Gasteiger partial charge on any atom is 0.243 e. The molecule has 2 amide bonds. The van der Waals surface area contributed by atoms with Crippen molar-refractivity contribution < 1.29 is 19.1 Å². The molecule has 6 heteroatoms. The first-order valence-corrected chi connectivity index (χ1v) is 11.2. The Bertz CT molecular complexity index is 844. The highest BCUT2D eigenvalue weighted by molar-refractivity contribution is 5.88. The number of carbonyl (C=O) groups is 2. The Morgan fingerprint density at radius 2 is 1.66 bits per heavy atom. The Kier molecular flexibility index (Phi) is 9.57. The van der Waals surface area contributed by atoms with Crippen LogP contribution >= 0.6 is 0 Å².